The number of nitrogens with zero attached hydrogens (tertiary/aromatic N) is 1. The van der Waals surface area contributed by atoms with E-state index in [1.165, 1.54) is 4.31 Å². The van der Waals surface area contributed by atoms with Gasteiger partial charge in [0.2, 0.25) is 10.0 Å². The molecule has 1 heterocycles. The molecular formula is C24H28F2N2O5S. The van der Waals surface area contributed by atoms with Gasteiger partial charge in [-0.2, -0.15) is 4.31 Å². The van der Waals surface area contributed by atoms with E-state index in [0.29, 0.717) is 16.0 Å². The van der Waals surface area contributed by atoms with Crippen LogP contribution in [0.5, 0.6) is 0 Å². The topological polar surface area (TPSA) is 92.8 Å². The Bertz CT molecular complexity index is 1180. The van der Waals surface area contributed by atoms with Gasteiger partial charge in [0.05, 0.1) is 10.8 Å². The Kier molecular flexibility index (Phi) is 7.72. The zero-order valence-electron chi connectivity index (χ0n) is 19.6. The Hall–Kier alpha value is -2.85. The maximum atomic E-state index is 13.6. The maximum Gasteiger partial charge on any atom is 0.309 e. The van der Waals surface area contributed by atoms with Crippen LogP contribution in [0.4, 0.5) is 14.5 Å². The monoisotopic (exact) mass is 494 g/mol. The molecule has 3 rings (SSSR count). The first-order chi connectivity index (χ1) is 15.9. The number of rotatable bonds is 6. The van der Waals surface area contributed by atoms with E-state index in [4.69, 9.17) is 4.74 Å². The van der Waals surface area contributed by atoms with Crippen LogP contribution < -0.4 is 5.32 Å². The number of para-hydroxylation sites is 1. The molecule has 0 radical (unpaired) electrons. The number of amides is 1. The summed E-state index contributed by atoms with van der Waals surface area (Å²) in [5.74, 6) is -3.99. The fourth-order valence-corrected chi connectivity index (χ4v) is 6.12. The number of sulfonamides is 1. The fourth-order valence-electron chi connectivity index (χ4n) is 4.08. The van der Waals surface area contributed by atoms with Crippen molar-refractivity contribution in [2.75, 3.05) is 25.0 Å². The highest BCUT2D eigenvalue weighted by Gasteiger charge is 2.35. The standard InChI is InChI=1S/C24H28F2N2O5S/c1-14-12-15(2)17(4)23(16(14)3)34(31,32)28-10-8-18(9-11-28)24(30)33-13-21(29)27-22-19(25)6-5-7-20(22)26/h5-7,12,18H,8-11,13H2,1-4H3,(H,27,29). The Balaban J connectivity index is 1.58. The van der Waals surface area contributed by atoms with Gasteiger partial charge >= 0.3 is 5.97 Å². The second kappa shape index (κ2) is 10.2. The SMILES string of the molecule is Cc1cc(C)c(C)c(S(=O)(=O)N2CCC(C(=O)OCC(=O)Nc3c(F)cccc3F)CC2)c1C. The Morgan fingerprint density at radius 1 is 1.03 bits per heavy atom. The lowest BCUT2D eigenvalue weighted by atomic mass is 9.98. The van der Waals surface area contributed by atoms with Crippen LogP contribution in [0.25, 0.3) is 0 Å². The summed E-state index contributed by atoms with van der Waals surface area (Å²) in [6.45, 7) is 6.90. The number of carbonyl (C=O) groups is 2. The van der Waals surface area contributed by atoms with Gasteiger partial charge in [-0.15, -0.1) is 0 Å². The average molecular weight is 495 g/mol. The van der Waals surface area contributed by atoms with Crippen molar-refractivity contribution in [1.82, 2.24) is 4.31 Å². The number of hydrogen-bond acceptors (Lipinski definition) is 5. The van der Waals surface area contributed by atoms with Gasteiger partial charge in [0.25, 0.3) is 5.91 Å². The summed E-state index contributed by atoms with van der Waals surface area (Å²) in [6, 6.07) is 5.11. The fraction of sp³-hybridized carbons (Fsp3) is 0.417. The summed E-state index contributed by atoms with van der Waals surface area (Å²) in [7, 11) is -3.74. The van der Waals surface area contributed by atoms with Crippen LogP contribution in [0, 0.1) is 45.2 Å². The van der Waals surface area contributed by atoms with E-state index >= 15 is 0 Å². The lowest BCUT2D eigenvalue weighted by molar-refractivity contribution is -0.152. The molecular weight excluding hydrogens is 466 g/mol. The number of ether oxygens (including phenoxy) is 1. The molecule has 7 nitrogen and oxygen atoms in total. The quantitative estimate of drug-likeness (QED) is 0.617. The van der Waals surface area contributed by atoms with E-state index in [1.54, 1.807) is 13.8 Å². The van der Waals surface area contributed by atoms with Crippen molar-refractivity contribution >= 4 is 27.6 Å². The van der Waals surface area contributed by atoms with Crippen LogP contribution >= 0.6 is 0 Å². The van der Waals surface area contributed by atoms with Gasteiger partial charge in [0.1, 0.15) is 17.3 Å². The van der Waals surface area contributed by atoms with E-state index in [2.05, 4.69) is 0 Å². The van der Waals surface area contributed by atoms with E-state index < -0.39 is 51.7 Å². The molecule has 1 amide bonds. The zero-order valence-corrected chi connectivity index (χ0v) is 20.4. The van der Waals surface area contributed by atoms with Crippen LogP contribution in [0.15, 0.2) is 29.2 Å². The first-order valence-electron chi connectivity index (χ1n) is 10.9. The largest absolute Gasteiger partial charge is 0.455 e. The molecule has 2 aromatic carbocycles. The molecule has 2 aromatic rings. The average Bonchev–Trinajstić information content (AvgIpc) is 2.79. The summed E-state index contributed by atoms with van der Waals surface area (Å²) >= 11 is 0. The predicted molar refractivity (Wildman–Crippen MR) is 123 cm³/mol. The number of carbonyl (C=O) groups excluding carboxylic acids is 2. The normalized spacial score (nSPS) is 15.2. The molecule has 0 spiro atoms. The Morgan fingerprint density at radius 3 is 2.09 bits per heavy atom. The van der Waals surface area contributed by atoms with Crippen molar-refractivity contribution in [3.63, 3.8) is 0 Å². The molecule has 1 aliphatic heterocycles. The second-order valence-electron chi connectivity index (χ2n) is 8.52. The van der Waals surface area contributed by atoms with E-state index in [0.717, 1.165) is 29.3 Å². The molecule has 184 valence electrons. The second-order valence-corrected chi connectivity index (χ2v) is 10.4. The molecule has 34 heavy (non-hydrogen) atoms. The minimum atomic E-state index is -3.74. The lowest BCUT2D eigenvalue weighted by Gasteiger charge is -2.31. The van der Waals surface area contributed by atoms with Crippen LogP contribution in [0.2, 0.25) is 0 Å². The highest BCUT2D eigenvalue weighted by Crippen LogP contribution is 2.31. The number of hydrogen-bond donors (Lipinski definition) is 1. The molecule has 0 aliphatic carbocycles. The minimum absolute atomic E-state index is 0.139. The molecule has 10 heteroatoms. The highest BCUT2D eigenvalue weighted by molar-refractivity contribution is 7.89. The zero-order chi connectivity index (χ0) is 25.2. The molecule has 0 atom stereocenters. The smallest absolute Gasteiger partial charge is 0.309 e. The Morgan fingerprint density at radius 2 is 1.56 bits per heavy atom. The number of aryl methyl sites for hydroxylation is 2. The first kappa shape index (κ1) is 25.8. The van der Waals surface area contributed by atoms with E-state index in [-0.39, 0.29) is 25.9 Å². The van der Waals surface area contributed by atoms with Crippen LogP contribution in [0.3, 0.4) is 0 Å². The summed E-state index contributed by atoms with van der Waals surface area (Å²) in [5.41, 5.74) is 2.60. The van der Waals surface area contributed by atoms with Crippen molar-refractivity contribution in [1.29, 1.82) is 0 Å². The van der Waals surface area contributed by atoms with Gasteiger partial charge in [-0.3, -0.25) is 9.59 Å². The third-order valence-corrected chi connectivity index (χ3v) is 8.43. The molecule has 1 aliphatic rings. The van der Waals surface area contributed by atoms with Crippen LogP contribution in [0.1, 0.15) is 35.1 Å². The summed E-state index contributed by atoms with van der Waals surface area (Å²) in [4.78, 5) is 24.7. The summed E-state index contributed by atoms with van der Waals surface area (Å²) in [5, 5.41) is 2.05. The number of piperidine rings is 1. The minimum Gasteiger partial charge on any atom is -0.455 e. The van der Waals surface area contributed by atoms with Gasteiger partial charge in [-0.05, 0) is 74.9 Å². The molecule has 0 bridgehead atoms. The van der Waals surface area contributed by atoms with Crippen LogP contribution in [-0.2, 0) is 24.3 Å². The molecule has 0 unspecified atom stereocenters. The molecule has 0 saturated carbocycles. The lowest BCUT2D eigenvalue weighted by Crippen LogP contribution is -2.41. The number of nitrogens with one attached hydrogen (secondary N) is 1. The molecule has 1 fully saturated rings. The summed E-state index contributed by atoms with van der Waals surface area (Å²) in [6.07, 6.45) is 0.481. The van der Waals surface area contributed by atoms with Gasteiger partial charge in [-0.1, -0.05) is 12.1 Å². The van der Waals surface area contributed by atoms with Crippen molar-refractivity contribution in [3.8, 4) is 0 Å². The van der Waals surface area contributed by atoms with Gasteiger partial charge in [-0.25, -0.2) is 17.2 Å². The molecule has 1 saturated heterocycles. The van der Waals surface area contributed by atoms with Crippen molar-refractivity contribution in [3.05, 3.63) is 58.2 Å². The molecule has 0 aromatic heterocycles. The van der Waals surface area contributed by atoms with Crippen LogP contribution in [-0.4, -0.2) is 44.3 Å². The number of esters is 1. The first-order valence-corrected chi connectivity index (χ1v) is 12.4. The van der Waals surface area contributed by atoms with Crippen molar-refractivity contribution < 1.29 is 31.5 Å². The summed E-state index contributed by atoms with van der Waals surface area (Å²) < 4.78 is 60.3. The number of halogens is 2. The van der Waals surface area contributed by atoms with Gasteiger partial charge < -0.3 is 10.1 Å². The molecule has 1 N–H and O–H groups in total. The Labute approximate surface area is 198 Å². The maximum absolute atomic E-state index is 13.6. The third-order valence-electron chi connectivity index (χ3n) is 6.26. The third kappa shape index (κ3) is 5.28. The number of benzene rings is 2. The van der Waals surface area contributed by atoms with Gasteiger partial charge in [0, 0.05) is 13.1 Å². The predicted octanol–water partition coefficient (Wildman–Crippen LogP) is 3.78. The van der Waals surface area contributed by atoms with E-state index in [1.807, 2.05) is 25.2 Å². The highest BCUT2D eigenvalue weighted by atomic mass is 32.2. The van der Waals surface area contributed by atoms with Crippen molar-refractivity contribution in [2.24, 2.45) is 5.92 Å². The number of anilines is 1. The van der Waals surface area contributed by atoms with E-state index in [9.17, 15) is 26.8 Å². The van der Waals surface area contributed by atoms with Crippen molar-refractivity contribution in [2.45, 2.75) is 45.4 Å². The van der Waals surface area contributed by atoms with Gasteiger partial charge in [0.15, 0.2) is 6.61 Å².